The molecule has 3 N–H and O–H groups in total. The topological polar surface area (TPSA) is 83.1 Å². The Morgan fingerprint density at radius 2 is 1.76 bits per heavy atom. The fraction of sp³-hybridized carbons (Fsp3) is 0.136. The number of nitrogens with zero attached hydrogens (tertiary/aromatic N) is 1. The molecule has 0 aliphatic rings. The number of carbonyl (C=O) groups is 2. The van der Waals surface area contributed by atoms with Crippen LogP contribution in [0.4, 0.5) is 14.9 Å². The molecule has 0 saturated carbocycles. The van der Waals surface area contributed by atoms with Crippen molar-refractivity contribution in [2.45, 2.75) is 19.5 Å². The molecule has 0 aliphatic carbocycles. The lowest BCUT2D eigenvalue weighted by Gasteiger charge is -2.15. The maximum atomic E-state index is 13.0. The van der Waals surface area contributed by atoms with Gasteiger partial charge in [0.15, 0.2) is 0 Å². The molecule has 3 rings (SSSR count). The monoisotopic (exact) mass is 392 g/mol. The zero-order valence-corrected chi connectivity index (χ0v) is 15.9. The van der Waals surface area contributed by atoms with Crippen molar-refractivity contribution in [3.63, 3.8) is 0 Å². The molecule has 0 aliphatic heterocycles. The molecule has 29 heavy (non-hydrogen) atoms. The van der Waals surface area contributed by atoms with Crippen LogP contribution in [-0.2, 0) is 6.54 Å². The summed E-state index contributed by atoms with van der Waals surface area (Å²) in [7, 11) is 0. The van der Waals surface area contributed by atoms with Gasteiger partial charge >= 0.3 is 6.03 Å². The summed E-state index contributed by atoms with van der Waals surface area (Å²) in [6.45, 7) is 2.19. The largest absolute Gasteiger partial charge is 0.334 e. The van der Waals surface area contributed by atoms with Gasteiger partial charge in [0.05, 0.1) is 6.04 Å². The Bertz CT molecular complexity index is 978. The number of carbonyl (C=O) groups excluding carboxylic acids is 2. The first-order valence-corrected chi connectivity index (χ1v) is 9.11. The average molecular weight is 392 g/mol. The first-order chi connectivity index (χ1) is 14.0. The first-order valence-electron chi connectivity index (χ1n) is 9.11. The molecule has 2 aromatic carbocycles. The predicted molar refractivity (Wildman–Crippen MR) is 109 cm³/mol. The van der Waals surface area contributed by atoms with E-state index < -0.39 is 5.82 Å². The van der Waals surface area contributed by atoms with E-state index in [0.717, 1.165) is 11.1 Å². The van der Waals surface area contributed by atoms with Gasteiger partial charge < -0.3 is 16.0 Å². The third-order valence-electron chi connectivity index (χ3n) is 4.30. The molecule has 0 spiro atoms. The lowest BCUT2D eigenvalue weighted by atomic mass is 10.1. The molecular formula is C22H21FN4O2. The highest BCUT2D eigenvalue weighted by Gasteiger charge is 2.10. The SMILES string of the molecule is CC(NC(=O)NCc1cccc(NC(=O)c2ccc(F)cc2)c1)c1ccncc1. The van der Waals surface area contributed by atoms with Crippen LogP contribution in [-0.4, -0.2) is 16.9 Å². The molecule has 0 radical (unpaired) electrons. The van der Waals surface area contributed by atoms with E-state index in [0.29, 0.717) is 17.8 Å². The maximum absolute atomic E-state index is 13.0. The Labute approximate surface area is 168 Å². The Balaban J connectivity index is 1.53. The first kappa shape index (κ1) is 20.0. The Hall–Kier alpha value is -3.74. The van der Waals surface area contributed by atoms with Crippen LogP contribution in [0.15, 0.2) is 73.1 Å². The van der Waals surface area contributed by atoms with Crippen molar-refractivity contribution < 1.29 is 14.0 Å². The highest BCUT2D eigenvalue weighted by molar-refractivity contribution is 6.04. The van der Waals surface area contributed by atoms with E-state index >= 15 is 0 Å². The molecule has 1 heterocycles. The maximum Gasteiger partial charge on any atom is 0.315 e. The van der Waals surface area contributed by atoms with Crippen molar-refractivity contribution in [2.24, 2.45) is 0 Å². The number of halogens is 1. The van der Waals surface area contributed by atoms with E-state index in [4.69, 9.17) is 0 Å². The van der Waals surface area contributed by atoms with Gasteiger partial charge in [-0.2, -0.15) is 0 Å². The van der Waals surface area contributed by atoms with Crippen LogP contribution in [0, 0.1) is 5.82 Å². The molecule has 0 saturated heterocycles. The molecular weight excluding hydrogens is 371 g/mol. The van der Waals surface area contributed by atoms with E-state index in [1.54, 1.807) is 30.6 Å². The molecule has 3 aromatic rings. The molecule has 148 valence electrons. The van der Waals surface area contributed by atoms with Crippen molar-refractivity contribution in [2.75, 3.05) is 5.32 Å². The number of nitrogens with one attached hydrogen (secondary N) is 3. The molecule has 6 nitrogen and oxygen atoms in total. The van der Waals surface area contributed by atoms with Gasteiger partial charge in [0.1, 0.15) is 5.82 Å². The Morgan fingerprint density at radius 3 is 2.48 bits per heavy atom. The Kier molecular flexibility index (Phi) is 6.52. The fourth-order valence-corrected chi connectivity index (χ4v) is 2.73. The third-order valence-corrected chi connectivity index (χ3v) is 4.30. The quantitative estimate of drug-likeness (QED) is 0.592. The lowest BCUT2D eigenvalue weighted by Crippen LogP contribution is -2.36. The highest BCUT2D eigenvalue weighted by atomic mass is 19.1. The molecule has 0 fully saturated rings. The summed E-state index contributed by atoms with van der Waals surface area (Å²) in [6.07, 6.45) is 3.36. The number of hydrogen-bond donors (Lipinski definition) is 3. The summed E-state index contributed by atoms with van der Waals surface area (Å²) in [5.41, 5.74) is 2.73. The molecule has 1 unspecified atom stereocenters. The van der Waals surface area contributed by atoms with Crippen LogP contribution in [0.25, 0.3) is 0 Å². The van der Waals surface area contributed by atoms with Gasteiger partial charge in [-0.15, -0.1) is 0 Å². The number of rotatable bonds is 6. The summed E-state index contributed by atoms with van der Waals surface area (Å²) < 4.78 is 13.0. The summed E-state index contributed by atoms with van der Waals surface area (Å²) in [4.78, 5) is 28.3. The van der Waals surface area contributed by atoms with E-state index in [1.807, 2.05) is 25.1 Å². The Morgan fingerprint density at radius 1 is 1.03 bits per heavy atom. The summed E-state index contributed by atoms with van der Waals surface area (Å²) in [5, 5.41) is 8.42. The number of amides is 3. The number of hydrogen-bond acceptors (Lipinski definition) is 3. The molecule has 0 bridgehead atoms. The van der Waals surface area contributed by atoms with E-state index in [-0.39, 0.29) is 18.0 Å². The summed E-state index contributed by atoms with van der Waals surface area (Å²) in [6, 6.07) is 15.7. The van der Waals surface area contributed by atoms with Gasteiger partial charge in [0.25, 0.3) is 5.91 Å². The second-order valence-corrected chi connectivity index (χ2v) is 6.49. The van der Waals surface area contributed by atoms with Crippen LogP contribution in [0.2, 0.25) is 0 Å². The van der Waals surface area contributed by atoms with Gasteiger partial charge in [-0.25, -0.2) is 9.18 Å². The van der Waals surface area contributed by atoms with Crippen molar-refractivity contribution >= 4 is 17.6 Å². The van der Waals surface area contributed by atoms with Crippen molar-refractivity contribution in [1.82, 2.24) is 15.6 Å². The van der Waals surface area contributed by atoms with Crippen LogP contribution < -0.4 is 16.0 Å². The number of anilines is 1. The summed E-state index contributed by atoms with van der Waals surface area (Å²) in [5.74, 6) is -0.731. The molecule has 3 amide bonds. The van der Waals surface area contributed by atoms with Gasteiger partial charge in [-0.1, -0.05) is 12.1 Å². The van der Waals surface area contributed by atoms with Crippen LogP contribution >= 0.6 is 0 Å². The third kappa shape index (κ3) is 5.87. The highest BCUT2D eigenvalue weighted by Crippen LogP contribution is 2.13. The van der Waals surface area contributed by atoms with Gasteiger partial charge in [-0.05, 0) is 66.6 Å². The van der Waals surface area contributed by atoms with E-state index in [9.17, 15) is 14.0 Å². The van der Waals surface area contributed by atoms with Crippen LogP contribution in [0.1, 0.15) is 34.5 Å². The van der Waals surface area contributed by atoms with E-state index in [1.165, 1.54) is 24.3 Å². The van der Waals surface area contributed by atoms with E-state index in [2.05, 4.69) is 20.9 Å². The van der Waals surface area contributed by atoms with Crippen molar-refractivity contribution in [3.05, 3.63) is 95.6 Å². The lowest BCUT2D eigenvalue weighted by molar-refractivity contribution is 0.102. The summed E-state index contributed by atoms with van der Waals surface area (Å²) >= 11 is 0. The number of pyridine rings is 1. The second-order valence-electron chi connectivity index (χ2n) is 6.49. The second kappa shape index (κ2) is 9.45. The zero-order chi connectivity index (χ0) is 20.6. The predicted octanol–water partition coefficient (Wildman–Crippen LogP) is 4.03. The molecule has 7 heteroatoms. The molecule has 1 atom stereocenters. The fourth-order valence-electron chi connectivity index (χ4n) is 2.73. The normalized spacial score (nSPS) is 11.4. The number of aromatic nitrogens is 1. The van der Waals surface area contributed by atoms with Crippen LogP contribution in [0.3, 0.4) is 0 Å². The minimum atomic E-state index is -0.397. The number of benzene rings is 2. The van der Waals surface area contributed by atoms with Crippen molar-refractivity contribution in [1.29, 1.82) is 0 Å². The van der Waals surface area contributed by atoms with Crippen molar-refractivity contribution in [3.8, 4) is 0 Å². The zero-order valence-electron chi connectivity index (χ0n) is 15.9. The minimum Gasteiger partial charge on any atom is -0.334 e. The van der Waals surface area contributed by atoms with Crippen LogP contribution in [0.5, 0.6) is 0 Å². The van der Waals surface area contributed by atoms with Gasteiger partial charge in [-0.3, -0.25) is 9.78 Å². The molecule has 1 aromatic heterocycles. The number of urea groups is 1. The minimum absolute atomic E-state index is 0.153. The average Bonchev–Trinajstić information content (AvgIpc) is 2.73. The van der Waals surface area contributed by atoms with Gasteiger partial charge in [0, 0.05) is 30.2 Å². The van der Waals surface area contributed by atoms with Gasteiger partial charge in [0.2, 0.25) is 0 Å². The smallest absolute Gasteiger partial charge is 0.315 e. The standard InChI is InChI=1S/C22H21FN4O2/c1-15(17-9-11-24-12-10-17)26-22(29)25-14-16-3-2-4-20(13-16)27-21(28)18-5-7-19(23)8-6-18/h2-13,15H,14H2,1H3,(H,27,28)(H2,25,26,29).